The molecule has 4 heteroatoms. The van der Waals surface area contributed by atoms with Gasteiger partial charge in [-0.2, -0.15) is 0 Å². The number of halogens is 1. The molecule has 114 valence electrons. The van der Waals surface area contributed by atoms with Gasteiger partial charge in [0.2, 0.25) is 5.91 Å². The van der Waals surface area contributed by atoms with Crippen molar-refractivity contribution in [3.8, 4) is 0 Å². The van der Waals surface area contributed by atoms with Gasteiger partial charge in [0, 0.05) is 12.6 Å². The Balaban J connectivity index is 1.66. The maximum absolute atomic E-state index is 13.0. The Labute approximate surface area is 124 Å². The summed E-state index contributed by atoms with van der Waals surface area (Å²) in [4.78, 5) is 14.4. The molecule has 0 aromatic heterocycles. The molecule has 3 rings (SSSR count). The number of amides is 1. The van der Waals surface area contributed by atoms with E-state index in [1.807, 2.05) is 4.90 Å². The minimum absolute atomic E-state index is 0.0335. The van der Waals surface area contributed by atoms with Gasteiger partial charge in [0.15, 0.2) is 0 Å². The predicted octanol–water partition coefficient (Wildman–Crippen LogP) is 3.01. The summed E-state index contributed by atoms with van der Waals surface area (Å²) in [5, 5.41) is 10.4. The average molecular weight is 291 g/mol. The molecule has 1 aromatic rings. The van der Waals surface area contributed by atoms with Crippen molar-refractivity contribution in [2.75, 3.05) is 0 Å². The van der Waals surface area contributed by atoms with Gasteiger partial charge in [-0.05, 0) is 43.4 Å². The van der Waals surface area contributed by atoms with E-state index in [9.17, 15) is 14.3 Å². The molecule has 0 radical (unpaired) electrons. The van der Waals surface area contributed by atoms with Gasteiger partial charge in [-0.25, -0.2) is 4.39 Å². The SMILES string of the molecule is O=C(CC1(O)CCCC1)N(Cc1ccc(F)cc1)C1CC1. The second-order valence-corrected chi connectivity index (χ2v) is 6.49. The maximum Gasteiger partial charge on any atom is 0.226 e. The van der Waals surface area contributed by atoms with E-state index in [2.05, 4.69) is 0 Å². The quantitative estimate of drug-likeness (QED) is 0.906. The zero-order valence-corrected chi connectivity index (χ0v) is 12.2. The van der Waals surface area contributed by atoms with Gasteiger partial charge < -0.3 is 10.0 Å². The van der Waals surface area contributed by atoms with Crippen molar-refractivity contribution >= 4 is 5.91 Å². The summed E-state index contributed by atoms with van der Waals surface area (Å²) in [6, 6.07) is 6.60. The molecule has 0 unspecified atom stereocenters. The molecular formula is C17H22FNO2. The van der Waals surface area contributed by atoms with Crippen LogP contribution < -0.4 is 0 Å². The van der Waals surface area contributed by atoms with E-state index in [1.165, 1.54) is 12.1 Å². The van der Waals surface area contributed by atoms with Crippen LogP contribution in [0.5, 0.6) is 0 Å². The number of hydrogen-bond acceptors (Lipinski definition) is 2. The highest BCUT2D eigenvalue weighted by molar-refractivity contribution is 5.78. The lowest BCUT2D eigenvalue weighted by molar-refractivity contribution is -0.137. The molecule has 2 aliphatic carbocycles. The van der Waals surface area contributed by atoms with Crippen molar-refractivity contribution in [1.82, 2.24) is 4.90 Å². The van der Waals surface area contributed by atoms with Crippen LogP contribution in [0.1, 0.15) is 50.5 Å². The van der Waals surface area contributed by atoms with Gasteiger partial charge in [0.05, 0.1) is 12.0 Å². The molecule has 1 amide bonds. The standard InChI is InChI=1S/C17H22FNO2/c18-14-5-3-13(4-6-14)12-19(15-7-8-15)16(20)11-17(21)9-1-2-10-17/h3-6,15,21H,1-2,7-12H2. The number of carbonyl (C=O) groups is 1. The zero-order chi connectivity index (χ0) is 14.9. The van der Waals surface area contributed by atoms with Gasteiger partial charge in [-0.1, -0.05) is 25.0 Å². The molecule has 0 saturated heterocycles. The number of aliphatic hydroxyl groups is 1. The first-order chi connectivity index (χ1) is 10.1. The minimum Gasteiger partial charge on any atom is -0.389 e. The largest absolute Gasteiger partial charge is 0.389 e. The first-order valence-corrected chi connectivity index (χ1v) is 7.82. The van der Waals surface area contributed by atoms with Crippen molar-refractivity contribution < 1.29 is 14.3 Å². The van der Waals surface area contributed by atoms with Crippen LogP contribution in [0.15, 0.2) is 24.3 Å². The zero-order valence-electron chi connectivity index (χ0n) is 12.2. The molecule has 0 aliphatic heterocycles. The van der Waals surface area contributed by atoms with Crippen molar-refractivity contribution in [1.29, 1.82) is 0 Å². The Bertz CT molecular complexity index is 504. The summed E-state index contributed by atoms with van der Waals surface area (Å²) in [6.45, 7) is 0.514. The van der Waals surface area contributed by atoms with Gasteiger partial charge in [-0.3, -0.25) is 4.79 Å². The lowest BCUT2D eigenvalue weighted by Gasteiger charge is -2.28. The van der Waals surface area contributed by atoms with Crippen LogP contribution in [0, 0.1) is 5.82 Å². The fourth-order valence-corrected chi connectivity index (χ4v) is 3.19. The molecule has 1 aromatic carbocycles. The Hall–Kier alpha value is -1.42. The normalized spacial score (nSPS) is 20.5. The summed E-state index contributed by atoms with van der Waals surface area (Å²) in [7, 11) is 0. The van der Waals surface area contributed by atoms with Gasteiger partial charge >= 0.3 is 0 Å². The smallest absolute Gasteiger partial charge is 0.226 e. The van der Waals surface area contributed by atoms with E-state index in [0.717, 1.165) is 44.1 Å². The molecule has 2 aliphatic rings. The van der Waals surface area contributed by atoms with Gasteiger partial charge in [0.25, 0.3) is 0 Å². The Kier molecular flexibility index (Phi) is 3.98. The summed E-state index contributed by atoms with van der Waals surface area (Å²) in [5.74, 6) is -0.227. The van der Waals surface area contributed by atoms with E-state index in [-0.39, 0.29) is 18.1 Å². The van der Waals surface area contributed by atoms with E-state index in [1.54, 1.807) is 12.1 Å². The number of benzene rings is 1. The highest BCUT2D eigenvalue weighted by Gasteiger charge is 2.38. The fourth-order valence-electron chi connectivity index (χ4n) is 3.19. The molecule has 2 fully saturated rings. The van der Waals surface area contributed by atoms with Crippen LogP contribution in [0.25, 0.3) is 0 Å². The lowest BCUT2D eigenvalue weighted by atomic mass is 9.97. The molecule has 2 saturated carbocycles. The third kappa shape index (κ3) is 3.62. The second-order valence-electron chi connectivity index (χ2n) is 6.49. The lowest BCUT2D eigenvalue weighted by Crippen LogP contribution is -2.38. The van der Waals surface area contributed by atoms with Gasteiger partial charge in [-0.15, -0.1) is 0 Å². The van der Waals surface area contributed by atoms with Crippen molar-refractivity contribution in [2.45, 2.75) is 63.1 Å². The van der Waals surface area contributed by atoms with E-state index >= 15 is 0 Å². The van der Waals surface area contributed by atoms with Crippen LogP contribution in [0.2, 0.25) is 0 Å². The number of rotatable bonds is 5. The maximum atomic E-state index is 13.0. The average Bonchev–Trinajstić information content (AvgIpc) is 3.20. The van der Waals surface area contributed by atoms with Crippen LogP contribution in [-0.4, -0.2) is 27.6 Å². The monoisotopic (exact) mass is 291 g/mol. The van der Waals surface area contributed by atoms with E-state index in [4.69, 9.17) is 0 Å². The molecule has 3 nitrogen and oxygen atoms in total. The summed E-state index contributed by atoms with van der Waals surface area (Å²) in [5.41, 5.74) is 0.141. The molecule has 0 spiro atoms. The second kappa shape index (κ2) is 5.76. The fraction of sp³-hybridized carbons (Fsp3) is 0.588. The van der Waals surface area contributed by atoms with Crippen molar-refractivity contribution in [3.05, 3.63) is 35.6 Å². The minimum atomic E-state index is -0.799. The van der Waals surface area contributed by atoms with Crippen LogP contribution >= 0.6 is 0 Å². The Morgan fingerprint density at radius 1 is 1.24 bits per heavy atom. The highest BCUT2D eigenvalue weighted by Crippen LogP contribution is 2.35. The van der Waals surface area contributed by atoms with E-state index < -0.39 is 5.60 Å². The molecular weight excluding hydrogens is 269 g/mol. The van der Waals surface area contributed by atoms with Crippen LogP contribution in [0.3, 0.4) is 0 Å². The van der Waals surface area contributed by atoms with Crippen LogP contribution in [0.4, 0.5) is 4.39 Å². The number of hydrogen-bond donors (Lipinski definition) is 1. The first kappa shape index (κ1) is 14.5. The van der Waals surface area contributed by atoms with E-state index in [0.29, 0.717) is 12.6 Å². The third-order valence-corrected chi connectivity index (χ3v) is 4.59. The first-order valence-electron chi connectivity index (χ1n) is 7.82. The molecule has 0 atom stereocenters. The number of carbonyl (C=O) groups excluding carboxylic acids is 1. The summed E-state index contributed by atoms with van der Waals surface area (Å²) < 4.78 is 13.0. The van der Waals surface area contributed by atoms with Crippen LogP contribution in [-0.2, 0) is 11.3 Å². The van der Waals surface area contributed by atoms with Crippen molar-refractivity contribution in [3.63, 3.8) is 0 Å². The van der Waals surface area contributed by atoms with Gasteiger partial charge in [0.1, 0.15) is 5.82 Å². The van der Waals surface area contributed by atoms with Crippen molar-refractivity contribution in [2.24, 2.45) is 0 Å². The number of nitrogens with zero attached hydrogens (tertiary/aromatic N) is 1. The highest BCUT2D eigenvalue weighted by atomic mass is 19.1. The summed E-state index contributed by atoms with van der Waals surface area (Å²) in [6.07, 6.45) is 5.76. The molecule has 0 bridgehead atoms. The molecule has 21 heavy (non-hydrogen) atoms. The molecule has 1 N–H and O–H groups in total. The third-order valence-electron chi connectivity index (χ3n) is 4.59. The topological polar surface area (TPSA) is 40.5 Å². The molecule has 0 heterocycles. The predicted molar refractivity (Wildman–Crippen MR) is 78.0 cm³/mol. The Morgan fingerprint density at radius 3 is 2.43 bits per heavy atom. The summed E-state index contributed by atoms with van der Waals surface area (Å²) >= 11 is 0. The Morgan fingerprint density at radius 2 is 1.86 bits per heavy atom.